The highest BCUT2D eigenvalue weighted by Gasteiger charge is 2.25. The second-order valence-electron chi connectivity index (χ2n) is 8.85. The molecule has 1 aliphatic rings. The van der Waals surface area contributed by atoms with E-state index in [0.717, 1.165) is 55.0 Å². The maximum Gasteiger partial charge on any atom is 0.260 e. The monoisotopic (exact) mass is 530 g/mol. The maximum absolute atomic E-state index is 13.7. The van der Waals surface area contributed by atoms with Crippen molar-refractivity contribution in [3.05, 3.63) is 53.6 Å². The molecule has 1 amide bonds. The third-order valence-corrected chi connectivity index (χ3v) is 9.52. The van der Waals surface area contributed by atoms with Gasteiger partial charge < -0.3 is 4.74 Å². The predicted octanol–water partition coefficient (Wildman–Crippen LogP) is 4.00. The maximum atomic E-state index is 13.7. The van der Waals surface area contributed by atoms with Crippen LogP contribution in [0.3, 0.4) is 0 Å². The molecule has 1 aliphatic heterocycles. The number of morpholine rings is 1. The summed E-state index contributed by atoms with van der Waals surface area (Å²) < 4.78 is 33.6. The minimum Gasteiger partial charge on any atom is -0.379 e. The molecule has 10 heteroatoms. The summed E-state index contributed by atoms with van der Waals surface area (Å²) >= 11 is 1.50. The number of hydrogen-bond donors (Lipinski definition) is 0. The van der Waals surface area contributed by atoms with Crippen molar-refractivity contribution in [1.29, 1.82) is 0 Å². The van der Waals surface area contributed by atoms with Crippen LogP contribution in [0.1, 0.15) is 36.2 Å². The van der Waals surface area contributed by atoms with Gasteiger partial charge in [-0.1, -0.05) is 31.3 Å². The summed E-state index contributed by atoms with van der Waals surface area (Å²) in [5, 5.41) is 0.655. The topological polar surface area (TPSA) is 83.1 Å². The highest BCUT2D eigenvalue weighted by atomic mass is 32.2. The van der Waals surface area contributed by atoms with E-state index < -0.39 is 10.0 Å². The minimum absolute atomic E-state index is 0.181. The van der Waals surface area contributed by atoms with Crippen molar-refractivity contribution in [3.63, 3.8) is 0 Å². The van der Waals surface area contributed by atoms with Crippen LogP contribution in [0, 0.1) is 6.92 Å². The fourth-order valence-corrected chi connectivity index (χ4v) is 6.88. The van der Waals surface area contributed by atoms with Gasteiger partial charge in [0.1, 0.15) is 0 Å². The van der Waals surface area contributed by atoms with Gasteiger partial charge in [-0.2, -0.15) is 4.31 Å². The Morgan fingerprint density at radius 2 is 1.78 bits per heavy atom. The average Bonchev–Trinajstić information content (AvgIpc) is 3.30. The van der Waals surface area contributed by atoms with E-state index in [9.17, 15) is 13.2 Å². The molecule has 1 aromatic heterocycles. The van der Waals surface area contributed by atoms with Gasteiger partial charge in [-0.15, -0.1) is 0 Å². The molecular weight excluding hydrogens is 496 g/mol. The van der Waals surface area contributed by atoms with Crippen LogP contribution in [0.25, 0.3) is 10.2 Å². The summed E-state index contributed by atoms with van der Waals surface area (Å²) in [4.78, 5) is 22.7. The molecule has 0 saturated carbocycles. The molecule has 0 atom stereocenters. The van der Waals surface area contributed by atoms with Crippen LogP contribution in [-0.4, -0.2) is 81.0 Å². The lowest BCUT2D eigenvalue weighted by Gasteiger charge is -2.27. The number of thiazole rings is 1. The van der Waals surface area contributed by atoms with Crippen LogP contribution < -0.4 is 4.90 Å². The zero-order valence-electron chi connectivity index (χ0n) is 21.1. The molecule has 4 rings (SSSR count). The second-order valence-corrected chi connectivity index (χ2v) is 11.8. The fourth-order valence-electron chi connectivity index (χ4n) is 4.33. The van der Waals surface area contributed by atoms with Crippen LogP contribution in [0.4, 0.5) is 5.13 Å². The van der Waals surface area contributed by atoms with Gasteiger partial charge in [0.05, 0.1) is 28.3 Å². The third kappa shape index (κ3) is 5.95. The van der Waals surface area contributed by atoms with Gasteiger partial charge in [0.15, 0.2) is 5.13 Å². The number of carbonyl (C=O) groups is 1. The number of anilines is 1. The van der Waals surface area contributed by atoms with Crippen molar-refractivity contribution in [2.24, 2.45) is 0 Å². The van der Waals surface area contributed by atoms with E-state index in [0.29, 0.717) is 30.3 Å². The lowest BCUT2D eigenvalue weighted by molar-refractivity contribution is 0.0376. The number of aromatic nitrogens is 1. The molecule has 3 aromatic rings. The number of nitrogens with zero attached hydrogens (tertiary/aromatic N) is 4. The third-order valence-electron chi connectivity index (χ3n) is 6.41. The number of fused-ring (bicyclic) bond motifs is 1. The SMILES string of the molecule is CCN(CC)S(=O)(=O)c1ccc(C(=O)N(CCCN2CCOCC2)c2nc3ccc(C)cc3s2)cc1. The molecule has 194 valence electrons. The molecule has 1 fully saturated rings. The first-order chi connectivity index (χ1) is 17.3. The van der Waals surface area contributed by atoms with Gasteiger partial charge in [0, 0.05) is 44.8 Å². The summed E-state index contributed by atoms with van der Waals surface area (Å²) in [6.45, 7) is 11.1. The molecule has 0 aliphatic carbocycles. The Hall–Kier alpha value is -2.37. The fraction of sp³-hybridized carbons (Fsp3) is 0.462. The molecule has 0 N–H and O–H groups in total. The van der Waals surface area contributed by atoms with Crippen LogP contribution >= 0.6 is 11.3 Å². The molecule has 0 bridgehead atoms. The highest BCUT2D eigenvalue weighted by Crippen LogP contribution is 2.31. The zero-order valence-corrected chi connectivity index (χ0v) is 22.8. The van der Waals surface area contributed by atoms with Crippen molar-refractivity contribution in [1.82, 2.24) is 14.2 Å². The van der Waals surface area contributed by atoms with E-state index >= 15 is 0 Å². The van der Waals surface area contributed by atoms with Gasteiger partial charge in [-0.3, -0.25) is 14.6 Å². The van der Waals surface area contributed by atoms with Crippen molar-refractivity contribution >= 4 is 42.6 Å². The van der Waals surface area contributed by atoms with Crippen LogP contribution in [0.2, 0.25) is 0 Å². The largest absolute Gasteiger partial charge is 0.379 e. The van der Waals surface area contributed by atoms with Gasteiger partial charge in [-0.05, 0) is 55.3 Å². The highest BCUT2D eigenvalue weighted by molar-refractivity contribution is 7.89. The Balaban J connectivity index is 1.58. The van der Waals surface area contributed by atoms with Crippen LogP contribution in [0.5, 0.6) is 0 Å². The molecule has 0 unspecified atom stereocenters. The van der Waals surface area contributed by atoms with Gasteiger partial charge >= 0.3 is 0 Å². The normalized spacial score (nSPS) is 15.0. The molecular formula is C26H34N4O4S2. The summed E-state index contributed by atoms with van der Waals surface area (Å²) in [5.41, 5.74) is 2.45. The second kappa shape index (κ2) is 11.8. The summed E-state index contributed by atoms with van der Waals surface area (Å²) in [5.74, 6) is -0.181. The van der Waals surface area contributed by atoms with E-state index in [1.807, 2.05) is 32.9 Å². The molecule has 0 radical (unpaired) electrons. The Bertz CT molecular complexity index is 1280. The Morgan fingerprint density at radius 1 is 1.08 bits per heavy atom. The molecule has 0 spiro atoms. The standard InChI is InChI=1S/C26H34N4O4S2/c1-4-29(5-2)36(32,33)22-10-8-21(9-11-22)25(31)30(14-6-13-28-15-17-34-18-16-28)26-27-23-12-7-20(3)19-24(23)35-26/h7-12,19H,4-6,13-18H2,1-3H3. The van der Waals surface area contributed by atoms with Gasteiger partial charge in [0.25, 0.3) is 5.91 Å². The number of hydrogen-bond acceptors (Lipinski definition) is 7. The molecule has 2 aromatic carbocycles. The smallest absolute Gasteiger partial charge is 0.260 e. The van der Waals surface area contributed by atoms with Crippen molar-refractivity contribution < 1.29 is 17.9 Å². The van der Waals surface area contributed by atoms with Crippen molar-refractivity contribution in [3.8, 4) is 0 Å². The van der Waals surface area contributed by atoms with E-state index in [4.69, 9.17) is 9.72 Å². The number of carbonyl (C=O) groups excluding carboxylic acids is 1. The number of ether oxygens (including phenoxy) is 1. The minimum atomic E-state index is -3.58. The van der Waals surface area contributed by atoms with Gasteiger partial charge in [0.2, 0.25) is 10.0 Å². The molecule has 36 heavy (non-hydrogen) atoms. The Morgan fingerprint density at radius 3 is 2.44 bits per heavy atom. The van der Waals surface area contributed by atoms with E-state index in [-0.39, 0.29) is 10.8 Å². The lowest BCUT2D eigenvalue weighted by Crippen LogP contribution is -2.39. The first-order valence-corrected chi connectivity index (χ1v) is 14.7. The zero-order chi connectivity index (χ0) is 25.7. The molecule has 8 nitrogen and oxygen atoms in total. The quantitative estimate of drug-likeness (QED) is 0.394. The summed E-state index contributed by atoms with van der Waals surface area (Å²) in [7, 11) is -3.58. The number of rotatable bonds is 10. The van der Waals surface area contributed by atoms with E-state index in [1.165, 1.54) is 27.8 Å². The van der Waals surface area contributed by atoms with Crippen molar-refractivity contribution in [2.45, 2.75) is 32.1 Å². The molecule has 2 heterocycles. The lowest BCUT2D eigenvalue weighted by atomic mass is 10.2. The first kappa shape index (κ1) is 26.7. The number of sulfonamides is 1. The summed E-state index contributed by atoms with van der Waals surface area (Å²) in [6, 6.07) is 12.3. The van der Waals surface area contributed by atoms with Crippen LogP contribution in [0.15, 0.2) is 47.4 Å². The Kier molecular flexibility index (Phi) is 8.74. The number of benzene rings is 2. The predicted molar refractivity (Wildman–Crippen MR) is 144 cm³/mol. The number of amides is 1. The van der Waals surface area contributed by atoms with Crippen LogP contribution in [-0.2, 0) is 14.8 Å². The van der Waals surface area contributed by atoms with E-state index in [1.54, 1.807) is 17.0 Å². The summed E-state index contributed by atoms with van der Waals surface area (Å²) in [6.07, 6.45) is 0.801. The number of aryl methyl sites for hydroxylation is 1. The Labute approximate surface area is 217 Å². The van der Waals surface area contributed by atoms with Crippen molar-refractivity contribution in [2.75, 3.05) is 57.4 Å². The molecule has 1 saturated heterocycles. The van der Waals surface area contributed by atoms with E-state index in [2.05, 4.69) is 11.0 Å². The first-order valence-electron chi connectivity index (χ1n) is 12.4. The van der Waals surface area contributed by atoms with Gasteiger partial charge in [-0.25, -0.2) is 13.4 Å². The average molecular weight is 531 g/mol.